The number of nitrogens with two attached hydrogens (primary N) is 1. The van der Waals surface area contributed by atoms with Crippen LogP contribution in [-0.2, 0) is 0 Å². The molecule has 1 aliphatic heterocycles. The maximum atomic E-state index is 12.4. The highest BCUT2D eigenvalue weighted by Gasteiger charge is 2.18. The van der Waals surface area contributed by atoms with Gasteiger partial charge >= 0.3 is 0 Å². The monoisotopic (exact) mass is 250 g/mol. The number of carbonyl (C=O) groups excluding carboxylic acids is 1. The van der Waals surface area contributed by atoms with Crippen LogP contribution in [0.4, 0.5) is 5.69 Å². The Morgan fingerprint density at radius 2 is 2.18 bits per heavy atom. The molecule has 1 heterocycles. The van der Waals surface area contributed by atoms with Crippen LogP contribution in [0.25, 0.3) is 0 Å². The lowest BCUT2D eigenvalue weighted by Gasteiger charge is -2.21. The lowest BCUT2D eigenvalue weighted by molar-refractivity contribution is 0.0768. The minimum absolute atomic E-state index is 0.144. The first-order valence-corrected chi connectivity index (χ1v) is 7.07. The molecule has 1 fully saturated rings. The molecule has 4 heteroatoms. The fraction of sp³-hybridized carbons (Fsp3) is 0.462. The summed E-state index contributed by atoms with van der Waals surface area (Å²) < 4.78 is 0. The van der Waals surface area contributed by atoms with E-state index in [0.29, 0.717) is 5.69 Å². The summed E-state index contributed by atoms with van der Waals surface area (Å²) in [6, 6.07) is 5.50. The number of benzene rings is 1. The van der Waals surface area contributed by atoms with Crippen molar-refractivity contribution in [3.63, 3.8) is 0 Å². The minimum atomic E-state index is 0.144. The fourth-order valence-electron chi connectivity index (χ4n) is 2.05. The van der Waals surface area contributed by atoms with Crippen LogP contribution in [0.5, 0.6) is 0 Å². The van der Waals surface area contributed by atoms with Crippen molar-refractivity contribution >= 4 is 23.4 Å². The van der Waals surface area contributed by atoms with Crippen LogP contribution in [0, 0.1) is 6.92 Å². The van der Waals surface area contributed by atoms with Gasteiger partial charge in [0, 0.05) is 30.1 Å². The second-order valence-electron chi connectivity index (χ2n) is 4.33. The average Bonchev–Trinajstić information content (AvgIpc) is 2.56. The van der Waals surface area contributed by atoms with Crippen molar-refractivity contribution in [1.29, 1.82) is 0 Å². The molecule has 0 bridgehead atoms. The number of rotatable bonds is 1. The quantitative estimate of drug-likeness (QED) is 0.777. The van der Waals surface area contributed by atoms with Crippen LogP contribution in [0.3, 0.4) is 0 Å². The predicted octanol–water partition coefficient (Wildman–Crippen LogP) is 2.16. The maximum absolute atomic E-state index is 12.4. The van der Waals surface area contributed by atoms with E-state index >= 15 is 0 Å². The average molecular weight is 250 g/mol. The highest BCUT2D eigenvalue weighted by molar-refractivity contribution is 7.99. The molecular weight excluding hydrogens is 232 g/mol. The van der Waals surface area contributed by atoms with Crippen molar-refractivity contribution in [2.24, 2.45) is 0 Å². The minimum Gasteiger partial charge on any atom is -0.399 e. The van der Waals surface area contributed by atoms with Gasteiger partial charge in [0.25, 0.3) is 5.91 Å². The second-order valence-corrected chi connectivity index (χ2v) is 5.56. The number of nitrogens with zero attached hydrogens (tertiary/aromatic N) is 1. The molecule has 0 aliphatic carbocycles. The van der Waals surface area contributed by atoms with Gasteiger partial charge in [-0.3, -0.25) is 4.79 Å². The van der Waals surface area contributed by atoms with Crippen molar-refractivity contribution < 1.29 is 4.79 Å². The van der Waals surface area contributed by atoms with E-state index in [4.69, 9.17) is 5.73 Å². The number of nitrogen functional groups attached to an aromatic ring is 1. The normalized spacial score (nSPS) is 16.6. The van der Waals surface area contributed by atoms with Gasteiger partial charge in [-0.25, -0.2) is 0 Å². The molecule has 1 saturated heterocycles. The van der Waals surface area contributed by atoms with E-state index in [1.807, 2.05) is 35.7 Å². The fourth-order valence-corrected chi connectivity index (χ4v) is 2.93. The number of hydrogen-bond donors (Lipinski definition) is 1. The van der Waals surface area contributed by atoms with Gasteiger partial charge in [0.05, 0.1) is 0 Å². The summed E-state index contributed by atoms with van der Waals surface area (Å²) >= 11 is 1.92. The van der Waals surface area contributed by atoms with Crippen LogP contribution in [-0.4, -0.2) is 35.4 Å². The lowest BCUT2D eigenvalue weighted by Crippen LogP contribution is -2.33. The van der Waals surface area contributed by atoms with Crippen molar-refractivity contribution in [3.8, 4) is 0 Å². The number of carbonyl (C=O) groups is 1. The van der Waals surface area contributed by atoms with Crippen molar-refractivity contribution in [1.82, 2.24) is 4.90 Å². The molecule has 1 amide bonds. The topological polar surface area (TPSA) is 46.3 Å². The summed E-state index contributed by atoms with van der Waals surface area (Å²) in [4.78, 5) is 14.3. The molecule has 3 nitrogen and oxygen atoms in total. The summed E-state index contributed by atoms with van der Waals surface area (Å²) in [7, 11) is 0. The first-order valence-electron chi connectivity index (χ1n) is 5.91. The Balaban J connectivity index is 2.17. The summed E-state index contributed by atoms with van der Waals surface area (Å²) in [6.45, 7) is 3.67. The molecule has 2 N–H and O–H groups in total. The molecule has 92 valence electrons. The van der Waals surface area contributed by atoms with Crippen molar-refractivity contribution in [2.75, 3.05) is 30.3 Å². The zero-order valence-electron chi connectivity index (χ0n) is 10.1. The number of amides is 1. The van der Waals surface area contributed by atoms with Crippen molar-refractivity contribution in [3.05, 3.63) is 29.3 Å². The van der Waals surface area contributed by atoms with E-state index in [1.54, 1.807) is 6.07 Å². The molecule has 17 heavy (non-hydrogen) atoms. The lowest BCUT2D eigenvalue weighted by atomic mass is 10.1. The summed E-state index contributed by atoms with van der Waals surface area (Å²) in [5.74, 6) is 2.34. The van der Waals surface area contributed by atoms with Crippen LogP contribution in [0.15, 0.2) is 18.2 Å². The summed E-state index contributed by atoms with van der Waals surface area (Å²) in [5.41, 5.74) is 8.16. The Hall–Kier alpha value is -1.16. The summed E-state index contributed by atoms with van der Waals surface area (Å²) in [5, 5.41) is 0. The first kappa shape index (κ1) is 12.3. The third kappa shape index (κ3) is 2.94. The van der Waals surface area contributed by atoms with Gasteiger partial charge in [0.2, 0.25) is 0 Å². The molecule has 1 aliphatic rings. The predicted molar refractivity (Wildman–Crippen MR) is 73.4 cm³/mol. The van der Waals surface area contributed by atoms with E-state index in [2.05, 4.69) is 0 Å². The summed E-state index contributed by atoms with van der Waals surface area (Å²) in [6.07, 6.45) is 1.09. The Morgan fingerprint density at radius 1 is 1.35 bits per heavy atom. The van der Waals surface area contributed by atoms with Crippen LogP contribution < -0.4 is 5.73 Å². The highest BCUT2D eigenvalue weighted by Crippen LogP contribution is 2.17. The van der Waals surface area contributed by atoms with Gasteiger partial charge in [-0.1, -0.05) is 0 Å². The number of anilines is 1. The van der Waals surface area contributed by atoms with E-state index in [9.17, 15) is 4.79 Å². The number of thioether (sulfide) groups is 1. The zero-order valence-corrected chi connectivity index (χ0v) is 10.9. The van der Waals surface area contributed by atoms with Crippen molar-refractivity contribution in [2.45, 2.75) is 13.3 Å². The van der Waals surface area contributed by atoms with Crippen LogP contribution >= 0.6 is 11.8 Å². The molecular formula is C13H18N2OS. The van der Waals surface area contributed by atoms with E-state index in [1.165, 1.54) is 0 Å². The molecule has 1 aromatic carbocycles. The smallest absolute Gasteiger partial charge is 0.254 e. The largest absolute Gasteiger partial charge is 0.399 e. The third-order valence-corrected chi connectivity index (χ3v) is 4.04. The maximum Gasteiger partial charge on any atom is 0.254 e. The van der Waals surface area contributed by atoms with Crippen LogP contribution in [0.1, 0.15) is 22.3 Å². The molecule has 0 saturated carbocycles. The number of aryl methyl sites for hydroxylation is 1. The molecule has 0 atom stereocenters. The van der Waals surface area contributed by atoms with E-state index < -0.39 is 0 Å². The van der Waals surface area contributed by atoms with Gasteiger partial charge in [-0.2, -0.15) is 11.8 Å². The molecule has 0 radical (unpaired) electrons. The van der Waals surface area contributed by atoms with Gasteiger partial charge < -0.3 is 10.6 Å². The Bertz CT molecular complexity index is 412. The van der Waals surface area contributed by atoms with Crippen LogP contribution in [0.2, 0.25) is 0 Å². The number of hydrogen-bond acceptors (Lipinski definition) is 3. The molecule has 2 rings (SSSR count). The Labute approximate surface area is 106 Å². The van der Waals surface area contributed by atoms with Gasteiger partial charge in [-0.15, -0.1) is 0 Å². The zero-order chi connectivity index (χ0) is 12.3. The Kier molecular flexibility index (Phi) is 3.94. The van der Waals surface area contributed by atoms with E-state index in [-0.39, 0.29) is 5.91 Å². The Morgan fingerprint density at radius 3 is 2.94 bits per heavy atom. The second kappa shape index (κ2) is 5.45. The first-order chi connectivity index (χ1) is 8.18. The molecule has 0 unspecified atom stereocenters. The molecule has 1 aromatic rings. The van der Waals surface area contributed by atoms with E-state index in [0.717, 1.165) is 42.1 Å². The van der Waals surface area contributed by atoms with Gasteiger partial charge in [0.1, 0.15) is 0 Å². The third-order valence-electron chi connectivity index (χ3n) is 2.99. The molecule has 0 aromatic heterocycles. The standard InChI is InChI=1S/C13H18N2OS/c1-10-9-11(14)3-4-12(10)13(16)15-5-2-7-17-8-6-15/h3-4,9H,2,5-8,14H2,1H3. The SMILES string of the molecule is Cc1cc(N)ccc1C(=O)N1CCCSCC1. The highest BCUT2D eigenvalue weighted by atomic mass is 32.2. The van der Waals surface area contributed by atoms with Gasteiger partial charge in [0.15, 0.2) is 0 Å². The molecule has 0 spiro atoms. The van der Waals surface area contributed by atoms with Gasteiger partial charge in [-0.05, 0) is 42.9 Å².